The van der Waals surface area contributed by atoms with Crippen LogP contribution in [0.3, 0.4) is 0 Å². The van der Waals surface area contributed by atoms with Crippen LogP contribution >= 0.6 is 0 Å². The van der Waals surface area contributed by atoms with E-state index in [9.17, 15) is 5.11 Å². The first-order valence-electron chi connectivity index (χ1n) is 5.13. The highest BCUT2D eigenvalue weighted by Crippen LogP contribution is 2.24. The maximum absolute atomic E-state index is 9.57. The predicted molar refractivity (Wildman–Crippen MR) is 60.9 cm³/mol. The Hall–Kier alpha value is -1.12. The number of aryl methyl sites for hydroxylation is 1. The van der Waals surface area contributed by atoms with Gasteiger partial charge in [0.25, 0.3) is 0 Å². The number of aromatic hydroxyl groups is 1. The van der Waals surface area contributed by atoms with Gasteiger partial charge in [0.15, 0.2) is 0 Å². The second kappa shape index (κ2) is 5.58. The first-order valence-corrected chi connectivity index (χ1v) is 5.13. The van der Waals surface area contributed by atoms with E-state index >= 15 is 0 Å². The molecule has 1 aromatic rings. The minimum atomic E-state index is 0.377. The van der Waals surface area contributed by atoms with Gasteiger partial charge in [-0.15, -0.1) is 0 Å². The van der Waals surface area contributed by atoms with Crippen LogP contribution in [0.25, 0.3) is 0 Å². The van der Waals surface area contributed by atoms with Crippen LogP contribution in [0, 0.1) is 0 Å². The van der Waals surface area contributed by atoms with Crippen molar-refractivity contribution >= 4 is 7.85 Å². The Kier molecular flexibility index (Phi) is 4.37. The first kappa shape index (κ1) is 11.0. The van der Waals surface area contributed by atoms with Crippen molar-refractivity contribution in [1.82, 2.24) is 0 Å². The molecule has 0 heterocycles. The van der Waals surface area contributed by atoms with E-state index in [1.807, 2.05) is 6.07 Å². The zero-order chi connectivity index (χ0) is 10.4. The van der Waals surface area contributed by atoms with Crippen LogP contribution < -0.4 is 4.74 Å². The fourth-order valence-electron chi connectivity index (χ4n) is 1.45. The maximum atomic E-state index is 9.57. The van der Waals surface area contributed by atoms with E-state index in [2.05, 4.69) is 7.85 Å². The number of ether oxygens (including phenoxy) is 1. The van der Waals surface area contributed by atoms with Crippen molar-refractivity contribution in [3.63, 3.8) is 0 Å². The average Bonchev–Trinajstić information content (AvgIpc) is 2.21. The Labute approximate surface area is 86.3 Å². The van der Waals surface area contributed by atoms with Gasteiger partial charge in [-0.3, -0.25) is 0 Å². The van der Waals surface area contributed by atoms with Crippen LogP contribution in [0.1, 0.15) is 18.4 Å². The van der Waals surface area contributed by atoms with E-state index in [0.717, 1.165) is 24.2 Å². The highest BCUT2D eigenvalue weighted by atomic mass is 16.5. The molecule has 0 aliphatic carbocycles. The van der Waals surface area contributed by atoms with Crippen LogP contribution in [0.15, 0.2) is 18.2 Å². The molecule has 0 spiro atoms. The lowest BCUT2D eigenvalue weighted by atomic mass is 9.97. The number of rotatable bonds is 5. The monoisotopic (exact) mass is 192 g/mol. The van der Waals surface area contributed by atoms with E-state index in [1.54, 1.807) is 19.2 Å². The summed E-state index contributed by atoms with van der Waals surface area (Å²) in [5.41, 5.74) is 0.984. The molecule has 3 heteroatoms. The third-order valence-corrected chi connectivity index (χ3v) is 2.34. The van der Waals surface area contributed by atoms with Crippen LogP contribution in [-0.2, 0) is 6.42 Å². The topological polar surface area (TPSA) is 29.5 Å². The van der Waals surface area contributed by atoms with E-state index in [-0.39, 0.29) is 0 Å². The van der Waals surface area contributed by atoms with Crippen LogP contribution in [0.2, 0.25) is 6.32 Å². The first-order chi connectivity index (χ1) is 6.77. The lowest BCUT2D eigenvalue weighted by Gasteiger charge is -2.06. The van der Waals surface area contributed by atoms with Gasteiger partial charge in [0.05, 0.1) is 7.11 Å². The minimum Gasteiger partial charge on any atom is -0.508 e. The fraction of sp³-hybridized carbons (Fsp3) is 0.455. The molecule has 1 rings (SSSR count). The molecule has 1 aromatic carbocycles. The molecule has 1 N–H and O–H groups in total. The third-order valence-electron chi connectivity index (χ3n) is 2.34. The molecule has 0 radical (unpaired) electrons. The molecule has 0 saturated carbocycles. The SMILES string of the molecule is BCCCCc1cc(OC)ccc1O. The average molecular weight is 192 g/mol. The summed E-state index contributed by atoms with van der Waals surface area (Å²) in [6, 6.07) is 5.38. The summed E-state index contributed by atoms with van der Waals surface area (Å²) >= 11 is 0. The molecule has 0 fully saturated rings. The molecule has 0 aliphatic heterocycles. The van der Waals surface area contributed by atoms with Crippen molar-refractivity contribution in [1.29, 1.82) is 0 Å². The highest BCUT2D eigenvalue weighted by molar-refractivity contribution is 6.08. The molecule has 0 aromatic heterocycles. The molecule has 0 amide bonds. The summed E-state index contributed by atoms with van der Waals surface area (Å²) in [6.07, 6.45) is 4.45. The number of unbranched alkanes of at least 4 members (excludes halogenated alkanes) is 1. The van der Waals surface area contributed by atoms with Crippen LogP contribution in [-0.4, -0.2) is 20.1 Å². The molecule has 0 aliphatic rings. The van der Waals surface area contributed by atoms with Gasteiger partial charge in [-0.05, 0) is 36.6 Å². The van der Waals surface area contributed by atoms with Crippen molar-refractivity contribution in [2.45, 2.75) is 25.6 Å². The molecular formula is C11H17BO2. The second-order valence-corrected chi connectivity index (χ2v) is 3.45. The van der Waals surface area contributed by atoms with Gasteiger partial charge in [-0.1, -0.05) is 12.7 Å². The van der Waals surface area contributed by atoms with Gasteiger partial charge < -0.3 is 9.84 Å². The van der Waals surface area contributed by atoms with Crippen molar-refractivity contribution < 1.29 is 9.84 Å². The Bertz CT molecular complexity index is 287. The quantitative estimate of drug-likeness (QED) is 0.569. The van der Waals surface area contributed by atoms with Gasteiger partial charge >= 0.3 is 0 Å². The molecule has 0 atom stereocenters. The summed E-state index contributed by atoms with van der Waals surface area (Å²) in [6.45, 7) is 0. The highest BCUT2D eigenvalue weighted by Gasteiger charge is 2.02. The van der Waals surface area contributed by atoms with Crippen molar-refractivity contribution in [2.75, 3.05) is 7.11 Å². The summed E-state index contributed by atoms with van der Waals surface area (Å²) < 4.78 is 5.11. The summed E-state index contributed by atoms with van der Waals surface area (Å²) in [5, 5.41) is 9.57. The number of hydrogen-bond donors (Lipinski definition) is 1. The Morgan fingerprint density at radius 2 is 2.14 bits per heavy atom. The van der Waals surface area contributed by atoms with Gasteiger partial charge in [0, 0.05) is 0 Å². The number of hydrogen-bond acceptors (Lipinski definition) is 2. The molecule has 0 saturated heterocycles. The number of phenols is 1. The Balaban J connectivity index is 2.64. The van der Waals surface area contributed by atoms with Crippen LogP contribution in [0.5, 0.6) is 11.5 Å². The Morgan fingerprint density at radius 3 is 2.79 bits per heavy atom. The number of methoxy groups -OCH3 is 1. The molecular weight excluding hydrogens is 175 g/mol. The summed E-state index contributed by atoms with van der Waals surface area (Å²) in [4.78, 5) is 0. The number of phenolic OH excluding ortho intramolecular Hbond substituents is 1. The van der Waals surface area contributed by atoms with Crippen molar-refractivity contribution in [3.05, 3.63) is 23.8 Å². The molecule has 0 bridgehead atoms. The third kappa shape index (κ3) is 2.98. The molecule has 2 nitrogen and oxygen atoms in total. The van der Waals surface area contributed by atoms with Gasteiger partial charge in [-0.2, -0.15) is 0 Å². The predicted octanol–water partition coefficient (Wildman–Crippen LogP) is 1.77. The van der Waals surface area contributed by atoms with Gasteiger partial charge in [0.2, 0.25) is 0 Å². The minimum absolute atomic E-state index is 0.377. The maximum Gasteiger partial charge on any atom is 0.119 e. The van der Waals surface area contributed by atoms with E-state index in [0.29, 0.717) is 5.75 Å². The lowest BCUT2D eigenvalue weighted by molar-refractivity contribution is 0.410. The van der Waals surface area contributed by atoms with Crippen molar-refractivity contribution in [2.24, 2.45) is 0 Å². The normalized spacial score (nSPS) is 10.1. The van der Waals surface area contributed by atoms with Gasteiger partial charge in [-0.25, -0.2) is 0 Å². The zero-order valence-electron chi connectivity index (χ0n) is 8.92. The Morgan fingerprint density at radius 1 is 1.36 bits per heavy atom. The van der Waals surface area contributed by atoms with Gasteiger partial charge in [0.1, 0.15) is 19.3 Å². The zero-order valence-corrected chi connectivity index (χ0v) is 8.92. The molecule has 76 valence electrons. The van der Waals surface area contributed by atoms with E-state index in [4.69, 9.17) is 4.74 Å². The molecule has 0 unspecified atom stereocenters. The second-order valence-electron chi connectivity index (χ2n) is 3.45. The van der Waals surface area contributed by atoms with Crippen LogP contribution in [0.4, 0.5) is 0 Å². The number of benzene rings is 1. The molecule has 14 heavy (non-hydrogen) atoms. The largest absolute Gasteiger partial charge is 0.508 e. The van der Waals surface area contributed by atoms with Crippen molar-refractivity contribution in [3.8, 4) is 11.5 Å². The fourth-order valence-corrected chi connectivity index (χ4v) is 1.45. The lowest BCUT2D eigenvalue weighted by Crippen LogP contribution is -1.89. The standard InChI is InChI=1S/C11H17BO2/c1-14-10-5-6-11(13)9(8-10)4-2-3-7-12/h5-6,8,13H,2-4,7,12H2,1H3. The smallest absolute Gasteiger partial charge is 0.119 e. The van der Waals surface area contributed by atoms with E-state index in [1.165, 1.54) is 12.7 Å². The van der Waals surface area contributed by atoms with E-state index < -0.39 is 0 Å². The summed E-state index contributed by atoms with van der Waals surface area (Å²) in [5.74, 6) is 1.19. The summed E-state index contributed by atoms with van der Waals surface area (Å²) in [7, 11) is 3.81.